The number of hydrogen-bond donors (Lipinski definition) is 0. The van der Waals surface area contributed by atoms with Crippen LogP contribution in [-0.4, -0.2) is 65.5 Å². The Bertz CT molecular complexity index is 1050. The lowest BCUT2D eigenvalue weighted by Crippen LogP contribution is -2.46. The van der Waals surface area contributed by atoms with E-state index in [4.69, 9.17) is 9.73 Å². The minimum absolute atomic E-state index is 0.134. The van der Waals surface area contributed by atoms with Crippen LogP contribution in [0.5, 0.6) is 0 Å². The number of morpholine rings is 1. The first kappa shape index (κ1) is 21.4. The molecule has 8 heteroatoms. The van der Waals surface area contributed by atoms with Crippen molar-refractivity contribution in [2.75, 3.05) is 40.4 Å². The van der Waals surface area contributed by atoms with Gasteiger partial charge < -0.3 is 14.5 Å². The summed E-state index contributed by atoms with van der Waals surface area (Å²) in [5, 5.41) is 0.596. The molecule has 4 rings (SSSR count). The smallest absolute Gasteiger partial charge is 0.232 e. The lowest BCUT2D eigenvalue weighted by molar-refractivity contribution is 0.0638. The highest BCUT2D eigenvalue weighted by Gasteiger charge is 2.20. The minimum atomic E-state index is -0.244. The molecular formula is C23H26FN5OS. The Morgan fingerprint density at radius 1 is 1.16 bits per heavy atom. The van der Waals surface area contributed by atoms with Crippen LogP contribution in [-0.2, 0) is 4.74 Å². The van der Waals surface area contributed by atoms with Gasteiger partial charge in [0.05, 0.1) is 13.2 Å². The summed E-state index contributed by atoms with van der Waals surface area (Å²) in [6.45, 7) is 4.96. The number of aliphatic imine (C=N–C) groups is 1. The SMILES string of the molecule is CC(c1ccc(-c2ccccc2)c(F)c1)c1nsc(N=C(N(C)C)N2CCOCC2)n1. The van der Waals surface area contributed by atoms with Gasteiger partial charge in [-0.2, -0.15) is 9.37 Å². The maximum absolute atomic E-state index is 14.8. The fraction of sp³-hybridized carbons (Fsp3) is 0.348. The zero-order chi connectivity index (χ0) is 21.8. The highest BCUT2D eigenvalue weighted by molar-refractivity contribution is 7.09. The Morgan fingerprint density at radius 2 is 1.90 bits per heavy atom. The van der Waals surface area contributed by atoms with E-state index in [-0.39, 0.29) is 11.7 Å². The van der Waals surface area contributed by atoms with Crippen molar-refractivity contribution in [2.45, 2.75) is 12.8 Å². The molecule has 0 bridgehead atoms. The average molecular weight is 440 g/mol. The molecular weight excluding hydrogens is 413 g/mol. The molecule has 1 aromatic heterocycles. The zero-order valence-electron chi connectivity index (χ0n) is 18.0. The van der Waals surface area contributed by atoms with Gasteiger partial charge in [0, 0.05) is 50.2 Å². The molecule has 162 valence electrons. The van der Waals surface area contributed by atoms with Gasteiger partial charge in [-0.1, -0.05) is 49.4 Å². The van der Waals surface area contributed by atoms with Crippen LogP contribution >= 0.6 is 11.5 Å². The Morgan fingerprint density at radius 3 is 2.58 bits per heavy atom. The van der Waals surface area contributed by atoms with E-state index in [1.807, 2.05) is 68.4 Å². The van der Waals surface area contributed by atoms with Gasteiger partial charge in [0.1, 0.15) is 5.82 Å². The molecule has 0 radical (unpaired) electrons. The molecule has 1 saturated heterocycles. The van der Waals surface area contributed by atoms with Crippen LogP contribution in [0.25, 0.3) is 11.1 Å². The third kappa shape index (κ3) is 4.91. The number of rotatable bonds is 4. The molecule has 1 atom stereocenters. The van der Waals surface area contributed by atoms with E-state index in [1.54, 1.807) is 6.07 Å². The normalized spacial score (nSPS) is 15.7. The molecule has 0 spiro atoms. The summed E-state index contributed by atoms with van der Waals surface area (Å²) in [5.41, 5.74) is 2.29. The van der Waals surface area contributed by atoms with Crippen molar-refractivity contribution in [3.8, 4) is 11.1 Å². The zero-order valence-corrected chi connectivity index (χ0v) is 18.8. The topological polar surface area (TPSA) is 53.9 Å². The van der Waals surface area contributed by atoms with Crippen molar-refractivity contribution in [2.24, 2.45) is 4.99 Å². The van der Waals surface area contributed by atoms with Crippen molar-refractivity contribution >= 4 is 22.6 Å². The van der Waals surface area contributed by atoms with Crippen LogP contribution < -0.4 is 0 Å². The van der Waals surface area contributed by atoms with Gasteiger partial charge in [-0.3, -0.25) is 0 Å². The molecule has 0 saturated carbocycles. The minimum Gasteiger partial charge on any atom is -0.378 e. The number of nitrogens with zero attached hydrogens (tertiary/aromatic N) is 5. The van der Waals surface area contributed by atoms with E-state index in [0.29, 0.717) is 29.7 Å². The maximum atomic E-state index is 14.8. The maximum Gasteiger partial charge on any atom is 0.232 e. The van der Waals surface area contributed by atoms with Gasteiger partial charge in [-0.05, 0) is 17.2 Å². The van der Waals surface area contributed by atoms with Gasteiger partial charge in [-0.15, -0.1) is 0 Å². The Hall–Kier alpha value is -2.84. The molecule has 1 aliphatic rings. The predicted molar refractivity (Wildman–Crippen MR) is 122 cm³/mol. The van der Waals surface area contributed by atoms with E-state index in [1.165, 1.54) is 11.5 Å². The van der Waals surface area contributed by atoms with Crippen molar-refractivity contribution in [3.63, 3.8) is 0 Å². The molecule has 2 aromatic carbocycles. The summed E-state index contributed by atoms with van der Waals surface area (Å²) in [5.74, 6) is 1.12. The molecule has 2 heterocycles. The Kier molecular flexibility index (Phi) is 6.58. The van der Waals surface area contributed by atoms with E-state index in [0.717, 1.165) is 30.2 Å². The van der Waals surface area contributed by atoms with E-state index in [2.05, 4.69) is 14.3 Å². The fourth-order valence-electron chi connectivity index (χ4n) is 3.55. The van der Waals surface area contributed by atoms with Crippen molar-refractivity contribution in [1.82, 2.24) is 19.2 Å². The molecule has 1 aliphatic heterocycles. The van der Waals surface area contributed by atoms with Crippen LogP contribution in [0.3, 0.4) is 0 Å². The molecule has 0 amide bonds. The molecule has 0 N–H and O–H groups in total. The van der Waals surface area contributed by atoms with Crippen LogP contribution in [0.15, 0.2) is 53.5 Å². The second-order valence-corrected chi connectivity index (χ2v) is 8.40. The highest BCUT2D eigenvalue weighted by atomic mass is 32.1. The lowest BCUT2D eigenvalue weighted by Gasteiger charge is -2.32. The molecule has 1 fully saturated rings. The van der Waals surface area contributed by atoms with Gasteiger partial charge in [-0.25, -0.2) is 9.37 Å². The first-order valence-electron chi connectivity index (χ1n) is 10.3. The largest absolute Gasteiger partial charge is 0.378 e. The number of guanidine groups is 1. The summed E-state index contributed by atoms with van der Waals surface area (Å²) in [4.78, 5) is 13.5. The van der Waals surface area contributed by atoms with Crippen molar-refractivity contribution < 1.29 is 9.13 Å². The third-order valence-corrected chi connectivity index (χ3v) is 5.91. The fourth-order valence-corrected chi connectivity index (χ4v) is 4.18. The monoisotopic (exact) mass is 439 g/mol. The highest BCUT2D eigenvalue weighted by Crippen LogP contribution is 2.30. The number of hydrogen-bond acceptors (Lipinski definition) is 5. The quantitative estimate of drug-likeness (QED) is 0.446. The van der Waals surface area contributed by atoms with Gasteiger partial charge >= 0.3 is 0 Å². The van der Waals surface area contributed by atoms with Gasteiger partial charge in [0.2, 0.25) is 11.1 Å². The number of halogens is 1. The third-order valence-electron chi connectivity index (χ3n) is 5.29. The molecule has 3 aromatic rings. The summed E-state index contributed by atoms with van der Waals surface area (Å²) >= 11 is 1.26. The van der Waals surface area contributed by atoms with Crippen molar-refractivity contribution in [1.29, 1.82) is 0 Å². The average Bonchev–Trinajstić information content (AvgIpc) is 3.26. The van der Waals surface area contributed by atoms with E-state index in [9.17, 15) is 4.39 Å². The van der Waals surface area contributed by atoms with Crippen LogP contribution in [0, 0.1) is 5.82 Å². The van der Waals surface area contributed by atoms with Crippen LogP contribution in [0.4, 0.5) is 9.52 Å². The molecule has 0 aliphatic carbocycles. The molecule has 6 nitrogen and oxygen atoms in total. The number of benzene rings is 2. The predicted octanol–water partition coefficient (Wildman–Crippen LogP) is 4.38. The van der Waals surface area contributed by atoms with Gasteiger partial charge in [0.25, 0.3) is 0 Å². The first-order valence-corrected chi connectivity index (χ1v) is 11.1. The summed E-state index contributed by atoms with van der Waals surface area (Å²) in [7, 11) is 3.94. The van der Waals surface area contributed by atoms with E-state index >= 15 is 0 Å². The first-order chi connectivity index (χ1) is 15.0. The Balaban J connectivity index is 1.55. The van der Waals surface area contributed by atoms with Crippen molar-refractivity contribution in [3.05, 3.63) is 65.7 Å². The second-order valence-electron chi connectivity index (χ2n) is 7.67. The summed E-state index contributed by atoms with van der Waals surface area (Å²) < 4.78 is 24.7. The van der Waals surface area contributed by atoms with Crippen LogP contribution in [0.2, 0.25) is 0 Å². The number of aromatic nitrogens is 2. The molecule has 1 unspecified atom stereocenters. The Labute approximate surface area is 186 Å². The van der Waals surface area contributed by atoms with E-state index < -0.39 is 0 Å². The molecule has 31 heavy (non-hydrogen) atoms. The van der Waals surface area contributed by atoms with Gasteiger partial charge in [0.15, 0.2) is 5.82 Å². The lowest BCUT2D eigenvalue weighted by atomic mass is 9.96. The summed E-state index contributed by atoms with van der Waals surface area (Å²) in [6, 6.07) is 14.9. The standard InChI is InChI=1S/C23H26FN5OS/c1-16(18-9-10-19(20(24)15-18)17-7-5-4-6-8-17)21-25-22(31-27-21)26-23(28(2)3)29-11-13-30-14-12-29/h4-10,15-16H,11-14H2,1-3H3. The second kappa shape index (κ2) is 9.53. The summed E-state index contributed by atoms with van der Waals surface area (Å²) in [6.07, 6.45) is 0. The van der Waals surface area contributed by atoms with Crippen LogP contribution in [0.1, 0.15) is 24.2 Å². The number of ether oxygens (including phenoxy) is 1.